The standard InChI is InChI=1S/C23H26O4/c1-16-8-7-11-19(22(16)24)12-18-13-20(25-2)23(21(14-18)26-3)27-15-17-9-5-4-6-10-17/h4-6,9-10,12-14,16H,7-8,11,15H2,1-3H3/b19-12+/t16-/m1/s1. The monoisotopic (exact) mass is 366 g/mol. The molecule has 0 N–H and O–H groups in total. The van der Waals surface area contributed by atoms with E-state index in [1.807, 2.05) is 55.5 Å². The summed E-state index contributed by atoms with van der Waals surface area (Å²) in [5.74, 6) is 2.09. The van der Waals surface area contributed by atoms with Crippen molar-refractivity contribution in [3.8, 4) is 17.2 Å². The van der Waals surface area contributed by atoms with Crippen molar-refractivity contribution in [2.45, 2.75) is 32.8 Å². The molecule has 0 aliphatic heterocycles. The molecule has 1 aliphatic rings. The van der Waals surface area contributed by atoms with Crippen molar-refractivity contribution in [3.05, 3.63) is 59.2 Å². The second-order valence-electron chi connectivity index (χ2n) is 6.86. The zero-order valence-corrected chi connectivity index (χ0v) is 16.2. The van der Waals surface area contributed by atoms with Crippen molar-refractivity contribution in [2.75, 3.05) is 14.2 Å². The normalized spacial score (nSPS) is 18.4. The minimum absolute atomic E-state index is 0.0993. The molecule has 4 heteroatoms. The molecule has 0 saturated heterocycles. The highest BCUT2D eigenvalue weighted by atomic mass is 16.5. The number of Topliss-reactive ketones (excluding diaryl/α,β-unsaturated/α-hetero) is 1. The molecule has 3 rings (SSSR count). The third-order valence-corrected chi connectivity index (χ3v) is 4.90. The van der Waals surface area contributed by atoms with Gasteiger partial charge >= 0.3 is 0 Å². The van der Waals surface area contributed by atoms with Gasteiger partial charge in [0.15, 0.2) is 17.3 Å². The Morgan fingerprint density at radius 3 is 2.37 bits per heavy atom. The van der Waals surface area contributed by atoms with E-state index in [0.29, 0.717) is 23.9 Å². The van der Waals surface area contributed by atoms with Crippen molar-refractivity contribution in [2.24, 2.45) is 5.92 Å². The highest BCUT2D eigenvalue weighted by Crippen LogP contribution is 2.40. The Morgan fingerprint density at radius 2 is 1.74 bits per heavy atom. The van der Waals surface area contributed by atoms with Gasteiger partial charge in [-0.3, -0.25) is 4.79 Å². The summed E-state index contributed by atoms with van der Waals surface area (Å²) in [7, 11) is 3.21. The van der Waals surface area contributed by atoms with Gasteiger partial charge in [0.25, 0.3) is 0 Å². The van der Waals surface area contributed by atoms with Gasteiger partial charge in [-0.05, 0) is 54.2 Å². The summed E-state index contributed by atoms with van der Waals surface area (Å²) in [6, 6.07) is 13.7. The first-order valence-corrected chi connectivity index (χ1v) is 9.30. The zero-order chi connectivity index (χ0) is 19.2. The van der Waals surface area contributed by atoms with Crippen LogP contribution in [0.3, 0.4) is 0 Å². The predicted octanol–water partition coefficient (Wildman–Crippen LogP) is 5.06. The molecular formula is C23H26O4. The van der Waals surface area contributed by atoms with Gasteiger partial charge in [-0.1, -0.05) is 37.3 Å². The molecule has 0 amide bonds. The van der Waals surface area contributed by atoms with Crippen molar-refractivity contribution >= 4 is 11.9 Å². The van der Waals surface area contributed by atoms with E-state index in [2.05, 4.69) is 0 Å². The number of rotatable bonds is 6. The number of hydrogen-bond donors (Lipinski definition) is 0. The van der Waals surface area contributed by atoms with Gasteiger partial charge in [-0.15, -0.1) is 0 Å². The Bertz CT molecular complexity index is 799. The summed E-state index contributed by atoms with van der Waals surface area (Å²) in [5.41, 5.74) is 2.82. The minimum Gasteiger partial charge on any atom is -0.493 e. The van der Waals surface area contributed by atoms with Crippen molar-refractivity contribution < 1.29 is 19.0 Å². The SMILES string of the molecule is COc1cc(/C=C2\CCC[C@@H](C)C2=O)cc(OC)c1OCc1ccccc1. The van der Waals surface area contributed by atoms with Crippen LogP contribution in [0.15, 0.2) is 48.0 Å². The van der Waals surface area contributed by atoms with E-state index in [4.69, 9.17) is 14.2 Å². The molecule has 1 saturated carbocycles. The fraction of sp³-hybridized carbons (Fsp3) is 0.348. The van der Waals surface area contributed by atoms with Gasteiger partial charge in [0, 0.05) is 5.92 Å². The van der Waals surface area contributed by atoms with Crippen LogP contribution in [0.25, 0.3) is 6.08 Å². The summed E-state index contributed by atoms with van der Waals surface area (Å²) in [4.78, 5) is 12.4. The topological polar surface area (TPSA) is 44.8 Å². The average molecular weight is 366 g/mol. The van der Waals surface area contributed by atoms with E-state index in [-0.39, 0.29) is 11.7 Å². The molecule has 0 unspecified atom stereocenters. The third kappa shape index (κ3) is 4.51. The lowest BCUT2D eigenvalue weighted by Crippen LogP contribution is -2.18. The van der Waals surface area contributed by atoms with Gasteiger partial charge in [0.1, 0.15) is 6.61 Å². The molecule has 2 aromatic rings. The molecular weight excluding hydrogens is 340 g/mol. The van der Waals surface area contributed by atoms with Crippen LogP contribution < -0.4 is 14.2 Å². The van der Waals surface area contributed by atoms with E-state index in [1.54, 1.807) is 14.2 Å². The van der Waals surface area contributed by atoms with Crippen LogP contribution in [-0.4, -0.2) is 20.0 Å². The van der Waals surface area contributed by atoms with Crippen LogP contribution in [0.4, 0.5) is 0 Å². The number of ketones is 1. The summed E-state index contributed by atoms with van der Waals surface area (Å²) in [6.07, 6.45) is 4.78. The lowest BCUT2D eigenvalue weighted by molar-refractivity contribution is -0.119. The average Bonchev–Trinajstić information content (AvgIpc) is 2.70. The highest BCUT2D eigenvalue weighted by molar-refractivity contribution is 6.01. The number of ether oxygens (including phenoxy) is 3. The fourth-order valence-corrected chi connectivity index (χ4v) is 3.37. The van der Waals surface area contributed by atoms with Crippen molar-refractivity contribution in [3.63, 3.8) is 0 Å². The van der Waals surface area contributed by atoms with E-state index in [1.165, 1.54) is 0 Å². The molecule has 1 aliphatic carbocycles. The van der Waals surface area contributed by atoms with E-state index < -0.39 is 0 Å². The third-order valence-electron chi connectivity index (χ3n) is 4.90. The van der Waals surface area contributed by atoms with Crippen LogP contribution in [0.2, 0.25) is 0 Å². The number of hydrogen-bond acceptors (Lipinski definition) is 4. The lowest BCUT2D eigenvalue weighted by atomic mass is 9.84. The molecule has 2 aromatic carbocycles. The van der Waals surface area contributed by atoms with Gasteiger partial charge in [0.2, 0.25) is 5.75 Å². The quantitative estimate of drug-likeness (QED) is 0.671. The van der Waals surface area contributed by atoms with Gasteiger partial charge in [-0.2, -0.15) is 0 Å². The molecule has 27 heavy (non-hydrogen) atoms. The number of carbonyl (C=O) groups is 1. The molecule has 0 heterocycles. The molecule has 0 bridgehead atoms. The van der Waals surface area contributed by atoms with Crippen LogP contribution >= 0.6 is 0 Å². The number of methoxy groups -OCH3 is 2. The summed E-state index contributed by atoms with van der Waals surface area (Å²) in [6.45, 7) is 2.42. The second-order valence-corrected chi connectivity index (χ2v) is 6.86. The van der Waals surface area contributed by atoms with Gasteiger partial charge in [-0.25, -0.2) is 0 Å². The summed E-state index contributed by atoms with van der Waals surface area (Å²) in [5, 5.41) is 0. The van der Waals surface area contributed by atoms with Crippen LogP contribution in [0.1, 0.15) is 37.3 Å². The smallest absolute Gasteiger partial charge is 0.203 e. The lowest BCUT2D eigenvalue weighted by Gasteiger charge is -2.20. The Kier molecular flexibility index (Phi) is 6.17. The molecule has 4 nitrogen and oxygen atoms in total. The second kappa shape index (κ2) is 8.76. The first-order valence-electron chi connectivity index (χ1n) is 9.30. The number of carbonyl (C=O) groups excluding carboxylic acids is 1. The Morgan fingerprint density at radius 1 is 1.07 bits per heavy atom. The van der Waals surface area contributed by atoms with E-state index in [9.17, 15) is 4.79 Å². The molecule has 0 spiro atoms. The maximum Gasteiger partial charge on any atom is 0.203 e. The number of benzene rings is 2. The van der Waals surface area contributed by atoms with E-state index >= 15 is 0 Å². The van der Waals surface area contributed by atoms with Crippen molar-refractivity contribution in [1.82, 2.24) is 0 Å². The number of allylic oxidation sites excluding steroid dienone is 1. The molecule has 0 aromatic heterocycles. The van der Waals surface area contributed by atoms with Gasteiger partial charge in [0.05, 0.1) is 14.2 Å². The zero-order valence-electron chi connectivity index (χ0n) is 16.2. The van der Waals surface area contributed by atoms with Crippen molar-refractivity contribution in [1.29, 1.82) is 0 Å². The predicted molar refractivity (Wildman–Crippen MR) is 106 cm³/mol. The highest BCUT2D eigenvalue weighted by Gasteiger charge is 2.23. The Labute approximate surface area is 160 Å². The Hall–Kier alpha value is -2.75. The molecule has 142 valence electrons. The van der Waals surface area contributed by atoms with Crippen LogP contribution in [0, 0.1) is 5.92 Å². The minimum atomic E-state index is 0.0993. The fourth-order valence-electron chi connectivity index (χ4n) is 3.37. The summed E-state index contributed by atoms with van der Waals surface area (Å²) < 4.78 is 17.1. The largest absolute Gasteiger partial charge is 0.493 e. The maximum absolute atomic E-state index is 12.4. The Balaban J connectivity index is 1.89. The van der Waals surface area contributed by atoms with Crippen LogP contribution in [-0.2, 0) is 11.4 Å². The van der Waals surface area contributed by atoms with Gasteiger partial charge < -0.3 is 14.2 Å². The first-order chi connectivity index (χ1) is 13.1. The summed E-state index contributed by atoms with van der Waals surface area (Å²) >= 11 is 0. The molecule has 1 fully saturated rings. The van der Waals surface area contributed by atoms with Crippen LogP contribution in [0.5, 0.6) is 17.2 Å². The first kappa shape index (κ1) is 19.0. The molecule has 1 atom stereocenters. The van der Waals surface area contributed by atoms with E-state index in [0.717, 1.165) is 36.0 Å². The molecule has 0 radical (unpaired) electrons. The maximum atomic E-state index is 12.4.